The van der Waals surface area contributed by atoms with Crippen molar-refractivity contribution in [1.29, 1.82) is 0 Å². The van der Waals surface area contributed by atoms with E-state index in [0.29, 0.717) is 12.3 Å². The Labute approximate surface area is 121 Å². The summed E-state index contributed by atoms with van der Waals surface area (Å²) in [6.07, 6.45) is 0. The van der Waals surface area contributed by atoms with Gasteiger partial charge in [-0.2, -0.15) is 0 Å². The Balaban J connectivity index is 1.79. The molecule has 3 nitrogen and oxygen atoms in total. The van der Waals surface area contributed by atoms with Crippen molar-refractivity contribution in [1.82, 2.24) is 5.32 Å². The molecule has 5 heteroatoms. The first-order valence-electron chi connectivity index (χ1n) is 6.03. The van der Waals surface area contributed by atoms with Gasteiger partial charge in [0.05, 0.1) is 5.02 Å². The van der Waals surface area contributed by atoms with Gasteiger partial charge in [0.25, 0.3) is 5.91 Å². The second-order valence-corrected chi connectivity index (χ2v) is 4.53. The minimum absolute atomic E-state index is 0.0350. The Morgan fingerprint density at radius 1 is 1.20 bits per heavy atom. The first-order chi connectivity index (χ1) is 9.65. The molecule has 0 heterocycles. The predicted octanol–water partition coefficient (Wildman–Crippen LogP) is 3.17. The lowest BCUT2D eigenvalue weighted by Crippen LogP contribution is -2.28. The van der Waals surface area contributed by atoms with E-state index < -0.39 is 5.82 Å². The number of benzene rings is 2. The topological polar surface area (TPSA) is 38.3 Å². The molecule has 2 aromatic carbocycles. The maximum atomic E-state index is 12.9. The molecule has 0 atom stereocenters. The summed E-state index contributed by atoms with van der Waals surface area (Å²) in [6, 6.07) is 13.5. The van der Waals surface area contributed by atoms with Gasteiger partial charge < -0.3 is 10.1 Å². The van der Waals surface area contributed by atoms with Crippen LogP contribution in [-0.2, 0) is 11.3 Å². The van der Waals surface area contributed by atoms with Crippen LogP contribution in [0.15, 0.2) is 48.5 Å². The van der Waals surface area contributed by atoms with E-state index in [1.54, 1.807) is 0 Å². The smallest absolute Gasteiger partial charge is 0.258 e. The Bertz CT molecular complexity index is 590. The number of carbonyl (C=O) groups is 1. The fraction of sp³-hybridized carbons (Fsp3) is 0.133. The van der Waals surface area contributed by atoms with Gasteiger partial charge in [0.15, 0.2) is 6.61 Å². The van der Waals surface area contributed by atoms with Gasteiger partial charge >= 0.3 is 0 Å². The lowest BCUT2D eigenvalue weighted by Gasteiger charge is -2.08. The molecule has 0 saturated carbocycles. The summed E-state index contributed by atoms with van der Waals surface area (Å²) in [4.78, 5) is 11.6. The fourth-order valence-corrected chi connectivity index (χ4v) is 1.73. The molecule has 0 spiro atoms. The average molecular weight is 294 g/mol. The first-order valence-corrected chi connectivity index (χ1v) is 6.41. The van der Waals surface area contributed by atoms with Gasteiger partial charge in [0.1, 0.15) is 11.6 Å². The highest BCUT2D eigenvalue weighted by molar-refractivity contribution is 6.30. The van der Waals surface area contributed by atoms with Gasteiger partial charge in [-0.15, -0.1) is 0 Å². The zero-order valence-corrected chi connectivity index (χ0v) is 11.4. The van der Waals surface area contributed by atoms with Crippen LogP contribution in [0.25, 0.3) is 0 Å². The average Bonchev–Trinajstić information content (AvgIpc) is 2.47. The van der Waals surface area contributed by atoms with Crippen LogP contribution in [0.1, 0.15) is 5.56 Å². The molecular weight excluding hydrogens is 281 g/mol. The number of halogens is 2. The van der Waals surface area contributed by atoms with Crippen LogP contribution in [0.3, 0.4) is 0 Å². The number of carbonyl (C=O) groups excluding carboxylic acids is 1. The lowest BCUT2D eigenvalue weighted by molar-refractivity contribution is -0.123. The van der Waals surface area contributed by atoms with Crippen molar-refractivity contribution in [3.05, 3.63) is 64.9 Å². The maximum Gasteiger partial charge on any atom is 0.258 e. The molecule has 0 saturated heterocycles. The van der Waals surface area contributed by atoms with Crippen molar-refractivity contribution in [2.45, 2.75) is 6.54 Å². The highest BCUT2D eigenvalue weighted by Gasteiger charge is 2.05. The summed E-state index contributed by atoms with van der Waals surface area (Å²) in [7, 11) is 0. The van der Waals surface area contributed by atoms with Crippen molar-refractivity contribution >= 4 is 17.5 Å². The van der Waals surface area contributed by atoms with E-state index in [0.717, 1.165) is 5.56 Å². The first kappa shape index (κ1) is 14.3. The van der Waals surface area contributed by atoms with Crippen molar-refractivity contribution in [2.75, 3.05) is 6.61 Å². The van der Waals surface area contributed by atoms with Gasteiger partial charge in [0.2, 0.25) is 0 Å². The maximum absolute atomic E-state index is 12.9. The molecule has 0 unspecified atom stereocenters. The SMILES string of the molecule is O=C(COc1ccc(F)c(Cl)c1)NCc1ccccc1. The number of amides is 1. The molecule has 2 aromatic rings. The molecule has 0 radical (unpaired) electrons. The van der Waals surface area contributed by atoms with Crippen LogP contribution < -0.4 is 10.1 Å². The molecule has 0 bridgehead atoms. The van der Waals surface area contributed by atoms with Crippen molar-refractivity contribution in [3.8, 4) is 5.75 Å². The van der Waals surface area contributed by atoms with E-state index >= 15 is 0 Å². The molecule has 1 amide bonds. The molecular formula is C15H13ClFNO2. The standard InChI is InChI=1S/C15H13ClFNO2/c16-13-8-12(6-7-14(13)17)20-10-15(19)18-9-11-4-2-1-3-5-11/h1-8H,9-10H2,(H,18,19). The molecule has 0 aliphatic heterocycles. The summed E-state index contributed by atoms with van der Waals surface area (Å²) >= 11 is 5.61. The molecule has 2 rings (SSSR count). The number of rotatable bonds is 5. The van der Waals surface area contributed by atoms with Crippen molar-refractivity contribution < 1.29 is 13.9 Å². The predicted molar refractivity (Wildman–Crippen MR) is 75.2 cm³/mol. The Morgan fingerprint density at radius 2 is 1.95 bits per heavy atom. The largest absolute Gasteiger partial charge is 0.484 e. The highest BCUT2D eigenvalue weighted by atomic mass is 35.5. The van der Waals surface area contributed by atoms with E-state index in [9.17, 15) is 9.18 Å². The minimum Gasteiger partial charge on any atom is -0.484 e. The van der Waals surface area contributed by atoms with Crippen molar-refractivity contribution in [2.24, 2.45) is 0 Å². The summed E-state index contributed by atoms with van der Waals surface area (Å²) in [5, 5.41) is 2.69. The Hall–Kier alpha value is -2.07. The van der Waals surface area contributed by atoms with Gasteiger partial charge in [-0.05, 0) is 17.7 Å². The monoisotopic (exact) mass is 293 g/mol. The van der Waals surface area contributed by atoms with Crippen molar-refractivity contribution in [3.63, 3.8) is 0 Å². The Morgan fingerprint density at radius 3 is 2.65 bits per heavy atom. The van der Waals surface area contributed by atoms with E-state index in [1.165, 1.54) is 18.2 Å². The second-order valence-electron chi connectivity index (χ2n) is 4.13. The van der Waals surface area contributed by atoms with Crippen LogP contribution in [0, 0.1) is 5.82 Å². The number of hydrogen-bond acceptors (Lipinski definition) is 2. The van der Waals surface area contributed by atoms with Gasteiger partial charge in [-0.1, -0.05) is 41.9 Å². The quantitative estimate of drug-likeness (QED) is 0.919. The third kappa shape index (κ3) is 4.24. The summed E-state index contributed by atoms with van der Waals surface area (Å²) in [5.74, 6) is -0.423. The molecule has 0 aliphatic rings. The normalized spacial score (nSPS) is 10.1. The van der Waals surface area contributed by atoms with E-state index in [4.69, 9.17) is 16.3 Å². The molecule has 104 valence electrons. The van der Waals surface area contributed by atoms with Gasteiger partial charge in [-0.25, -0.2) is 4.39 Å². The molecule has 0 fully saturated rings. The molecule has 0 aliphatic carbocycles. The highest BCUT2D eigenvalue weighted by Crippen LogP contribution is 2.20. The lowest BCUT2D eigenvalue weighted by atomic mass is 10.2. The van der Waals surface area contributed by atoms with E-state index in [2.05, 4.69) is 5.32 Å². The number of hydrogen-bond donors (Lipinski definition) is 1. The van der Waals surface area contributed by atoms with Crippen LogP contribution in [0.5, 0.6) is 5.75 Å². The Kier molecular flexibility index (Phi) is 4.96. The molecule has 0 aromatic heterocycles. The zero-order chi connectivity index (χ0) is 14.4. The summed E-state index contributed by atoms with van der Waals surface area (Å²) in [5.41, 5.74) is 1.01. The zero-order valence-electron chi connectivity index (χ0n) is 10.6. The van der Waals surface area contributed by atoms with Gasteiger partial charge in [0, 0.05) is 12.6 Å². The van der Waals surface area contributed by atoms with Crippen LogP contribution in [0.2, 0.25) is 5.02 Å². The van der Waals surface area contributed by atoms with Crippen LogP contribution in [-0.4, -0.2) is 12.5 Å². The summed E-state index contributed by atoms with van der Waals surface area (Å²) < 4.78 is 18.2. The minimum atomic E-state index is -0.521. The van der Waals surface area contributed by atoms with E-state index in [1.807, 2.05) is 30.3 Å². The van der Waals surface area contributed by atoms with Crippen LogP contribution >= 0.6 is 11.6 Å². The third-order valence-electron chi connectivity index (χ3n) is 2.59. The van der Waals surface area contributed by atoms with Crippen LogP contribution in [0.4, 0.5) is 4.39 Å². The second kappa shape index (κ2) is 6.91. The molecule has 20 heavy (non-hydrogen) atoms. The fourth-order valence-electron chi connectivity index (χ4n) is 1.56. The summed E-state index contributed by atoms with van der Waals surface area (Å²) in [6.45, 7) is 0.294. The third-order valence-corrected chi connectivity index (χ3v) is 2.88. The number of nitrogens with one attached hydrogen (secondary N) is 1. The van der Waals surface area contributed by atoms with Gasteiger partial charge in [-0.3, -0.25) is 4.79 Å². The molecule has 1 N–H and O–H groups in total. The number of ether oxygens (including phenoxy) is 1. The van der Waals surface area contributed by atoms with E-state index in [-0.39, 0.29) is 17.5 Å².